The van der Waals surface area contributed by atoms with Gasteiger partial charge in [-0.2, -0.15) is 4.98 Å². The molecule has 6 nitrogen and oxygen atoms in total. The number of ether oxygens (including phenoxy) is 2. The second-order valence-electron chi connectivity index (χ2n) is 4.10. The van der Waals surface area contributed by atoms with Crippen molar-refractivity contribution >= 4 is 5.82 Å². The molecule has 0 spiro atoms. The molecule has 0 fully saturated rings. The van der Waals surface area contributed by atoms with Crippen LogP contribution in [0, 0.1) is 12.8 Å². The van der Waals surface area contributed by atoms with Gasteiger partial charge in [0.25, 0.3) is 0 Å². The van der Waals surface area contributed by atoms with Crippen molar-refractivity contribution in [2.75, 3.05) is 25.2 Å². The van der Waals surface area contributed by atoms with E-state index in [0.717, 1.165) is 6.61 Å². The molecule has 0 atom stereocenters. The van der Waals surface area contributed by atoms with Crippen LogP contribution < -0.4 is 16.0 Å². The lowest BCUT2D eigenvalue weighted by Crippen LogP contribution is -2.13. The smallest absolute Gasteiger partial charge is 0.218 e. The molecule has 0 radical (unpaired) electrons. The van der Waals surface area contributed by atoms with E-state index < -0.39 is 0 Å². The van der Waals surface area contributed by atoms with Crippen LogP contribution in [0.5, 0.6) is 5.88 Å². The van der Waals surface area contributed by atoms with Gasteiger partial charge in [-0.3, -0.25) is 0 Å². The van der Waals surface area contributed by atoms with Crippen molar-refractivity contribution in [2.24, 2.45) is 11.8 Å². The lowest BCUT2D eigenvalue weighted by Gasteiger charge is -2.09. The van der Waals surface area contributed by atoms with Crippen LogP contribution in [0.3, 0.4) is 0 Å². The maximum absolute atomic E-state index is 5.44. The van der Waals surface area contributed by atoms with Gasteiger partial charge in [0.2, 0.25) is 5.88 Å². The third-order valence-electron chi connectivity index (χ3n) is 1.89. The standard InChI is InChI=1S/C11H20N4O2/c1-8(2)7-16-4-5-17-11-6-10(15-12)13-9(3)14-11/h6,8H,4-5,7,12H2,1-3H3,(H,13,14,15). The molecule has 0 saturated heterocycles. The van der Waals surface area contributed by atoms with Crippen molar-refractivity contribution in [1.82, 2.24) is 9.97 Å². The summed E-state index contributed by atoms with van der Waals surface area (Å²) in [6.45, 7) is 7.74. The number of nitrogens with two attached hydrogens (primary N) is 1. The zero-order valence-electron chi connectivity index (χ0n) is 10.6. The molecule has 0 amide bonds. The van der Waals surface area contributed by atoms with Gasteiger partial charge in [-0.1, -0.05) is 13.8 Å². The van der Waals surface area contributed by atoms with Crippen molar-refractivity contribution in [1.29, 1.82) is 0 Å². The van der Waals surface area contributed by atoms with E-state index in [9.17, 15) is 0 Å². The van der Waals surface area contributed by atoms with Gasteiger partial charge >= 0.3 is 0 Å². The van der Waals surface area contributed by atoms with Crippen molar-refractivity contribution in [2.45, 2.75) is 20.8 Å². The number of anilines is 1. The third kappa shape index (κ3) is 5.46. The minimum Gasteiger partial charge on any atom is -0.475 e. The van der Waals surface area contributed by atoms with E-state index in [-0.39, 0.29) is 0 Å². The fourth-order valence-corrected chi connectivity index (χ4v) is 1.21. The predicted octanol–water partition coefficient (Wildman–Crippen LogP) is 1.12. The van der Waals surface area contributed by atoms with Crippen LogP contribution in [-0.2, 0) is 4.74 Å². The molecule has 0 aliphatic heterocycles. The first-order valence-corrected chi connectivity index (χ1v) is 5.64. The van der Waals surface area contributed by atoms with E-state index in [1.165, 1.54) is 0 Å². The number of aryl methyl sites for hydroxylation is 1. The highest BCUT2D eigenvalue weighted by molar-refractivity contribution is 5.36. The molecule has 96 valence electrons. The maximum Gasteiger partial charge on any atom is 0.218 e. The van der Waals surface area contributed by atoms with E-state index >= 15 is 0 Å². The van der Waals surface area contributed by atoms with E-state index in [2.05, 4.69) is 29.2 Å². The Labute approximate surface area is 102 Å². The summed E-state index contributed by atoms with van der Waals surface area (Å²) in [6, 6.07) is 1.65. The predicted molar refractivity (Wildman–Crippen MR) is 65.7 cm³/mol. The first-order chi connectivity index (χ1) is 8.11. The molecule has 0 aliphatic carbocycles. The number of nitrogens with one attached hydrogen (secondary N) is 1. The van der Waals surface area contributed by atoms with Crippen LogP contribution in [-0.4, -0.2) is 29.8 Å². The van der Waals surface area contributed by atoms with E-state index in [0.29, 0.717) is 36.7 Å². The molecule has 0 aliphatic rings. The van der Waals surface area contributed by atoms with Crippen LogP contribution in [0.2, 0.25) is 0 Å². The Morgan fingerprint density at radius 2 is 2.12 bits per heavy atom. The lowest BCUT2D eigenvalue weighted by molar-refractivity contribution is 0.0805. The Balaban J connectivity index is 2.33. The number of hydrazine groups is 1. The number of nitrogen functional groups attached to an aromatic ring is 1. The summed E-state index contributed by atoms with van der Waals surface area (Å²) in [5.74, 6) is 7.45. The molecule has 3 N–H and O–H groups in total. The highest BCUT2D eigenvalue weighted by Crippen LogP contribution is 2.11. The largest absolute Gasteiger partial charge is 0.475 e. The van der Waals surface area contributed by atoms with Gasteiger partial charge < -0.3 is 14.9 Å². The number of aromatic nitrogens is 2. The van der Waals surface area contributed by atoms with Crippen molar-refractivity contribution in [3.63, 3.8) is 0 Å². The second kappa shape index (κ2) is 7.03. The summed E-state index contributed by atoms with van der Waals surface area (Å²) >= 11 is 0. The maximum atomic E-state index is 5.44. The quantitative estimate of drug-likeness (QED) is 0.422. The highest BCUT2D eigenvalue weighted by Gasteiger charge is 2.01. The second-order valence-corrected chi connectivity index (χ2v) is 4.10. The lowest BCUT2D eigenvalue weighted by atomic mass is 10.2. The van der Waals surface area contributed by atoms with Gasteiger partial charge in [0.1, 0.15) is 18.2 Å². The Hall–Kier alpha value is -1.40. The fourth-order valence-electron chi connectivity index (χ4n) is 1.21. The number of nitrogens with zero attached hydrogens (tertiary/aromatic N) is 2. The Kier molecular flexibility index (Phi) is 5.65. The van der Waals surface area contributed by atoms with Gasteiger partial charge in [0, 0.05) is 12.7 Å². The molecular weight excluding hydrogens is 220 g/mol. The number of hydrogen-bond donors (Lipinski definition) is 2. The van der Waals surface area contributed by atoms with Gasteiger partial charge in [-0.15, -0.1) is 0 Å². The van der Waals surface area contributed by atoms with Crippen LogP contribution in [0.4, 0.5) is 5.82 Å². The molecule has 1 heterocycles. The SMILES string of the molecule is Cc1nc(NN)cc(OCCOCC(C)C)n1. The minimum absolute atomic E-state index is 0.465. The van der Waals surface area contributed by atoms with Crippen LogP contribution in [0.15, 0.2) is 6.07 Å². The molecule has 0 saturated carbocycles. The van der Waals surface area contributed by atoms with Crippen LogP contribution in [0.1, 0.15) is 19.7 Å². The molecule has 17 heavy (non-hydrogen) atoms. The first-order valence-electron chi connectivity index (χ1n) is 5.64. The Morgan fingerprint density at radius 3 is 2.76 bits per heavy atom. The topological polar surface area (TPSA) is 82.3 Å². The van der Waals surface area contributed by atoms with Gasteiger partial charge in [-0.25, -0.2) is 10.8 Å². The normalized spacial score (nSPS) is 10.6. The third-order valence-corrected chi connectivity index (χ3v) is 1.89. The van der Waals surface area contributed by atoms with Crippen molar-refractivity contribution in [3.05, 3.63) is 11.9 Å². The summed E-state index contributed by atoms with van der Waals surface area (Å²) in [7, 11) is 0. The molecule has 0 bridgehead atoms. The van der Waals surface area contributed by atoms with Gasteiger partial charge in [-0.05, 0) is 12.8 Å². The van der Waals surface area contributed by atoms with Crippen molar-refractivity contribution < 1.29 is 9.47 Å². The molecule has 0 unspecified atom stereocenters. The van der Waals surface area contributed by atoms with Gasteiger partial charge in [0.15, 0.2) is 0 Å². The minimum atomic E-state index is 0.465. The first kappa shape index (κ1) is 13.7. The molecule has 1 aromatic heterocycles. The average Bonchev–Trinajstić information content (AvgIpc) is 2.27. The highest BCUT2D eigenvalue weighted by atomic mass is 16.5. The van der Waals surface area contributed by atoms with E-state index in [1.807, 2.05) is 0 Å². The summed E-state index contributed by atoms with van der Waals surface area (Å²) in [5, 5.41) is 0. The summed E-state index contributed by atoms with van der Waals surface area (Å²) < 4.78 is 10.8. The fraction of sp³-hybridized carbons (Fsp3) is 0.636. The van der Waals surface area contributed by atoms with Crippen LogP contribution in [0.25, 0.3) is 0 Å². The molecule has 1 aromatic rings. The Morgan fingerprint density at radius 1 is 1.35 bits per heavy atom. The zero-order valence-corrected chi connectivity index (χ0v) is 10.6. The van der Waals surface area contributed by atoms with Gasteiger partial charge in [0.05, 0.1) is 6.61 Å². The summed E-state index contributed by atoms with van der Waals surface area (Å²) in [4.78, 5) is 8.19. The zero-order chi connectivity index (χ0) is 12.7. The number of hydrogen-bond acceptors (Lipinski definition) is 6. The number of rotatable bonds is 7. The monoisotopic (exact) mass is 240 g/mol. The molecule has 1 rings (SSSR count). The molecule has 6 heteroatoms. The summed E-state index contributed by atoms with van der Waals surface area (Å²) in [5.41, 5.74) is 2.46. The average molecular weight is 240 g/mol. The summed E-state index contributed by atoms with van der Waals surface area (Å²) in [6.07, 6.45) is 0. The Bertz CT molecular complexity index is 344. The molecule has 0 aromatic carbocycles. The van der Waals surface area contributed by atoms with E-state index in [4.69, 9.17) is 15.3 Å². The van der Waals surface area contributed by atoms with E-state index in [1.54, 1.807) is 13.0 Å². The van der Waals surface area contributed by atoms with Crippen molar-refractivity contribution in [3.8, 4) is 5.88 Å². The molecular formula is C11H20N4O2. The van der Waals surface area contributed by atoms with Crippen LogP contribution >= 0.6 is 0 Å².